The zero-order chi connectivity index (χ0) is 19.3. The van der Waals surface area contributed by atoms with Gasteiger partial charge in [0.15, 0.2) is 0 Å². The molecule has 5 heteroatoms. The Hall–Kier alpha value is -2.82. The molecule has 2 aromatic rings. The lowest BCUT2D eigenvalue weighted by Gasteiger charge is -2.29. The number of anilines is 2. The SMILES string of the molecule is O=C1CCCC(CC(=O)N2CCCN(Cc3ccccc3)c3ccccc32)N1. The summed E-state index contributed by atoms with van der Waals surface area (Å²) in [5.74, 6) is 0.163. The van der Waals surface area contributed by atoms with Gasteiger partial charge in [-0.25, -0.2) is 0 Å². The van der Waals surface area contributed by atoms with Gasteiger partial charge in [-0.2, -0.15) is 0 Å². The minimum atomic E-state index is -0.0374. The Labute approximate surface area is 166 Å². The van der Waals surface area contributed by atoms with Crippen molar-refractivity contribution in [1.82, 2.24) is 5.32 Å². The van der Waals surface area contributed by atoms with E-state index in [0.717, 1.165) is 43.7 Å². The Bertz CT molecular complexity index is 837. The molecule has 1 unspecified atom stereocenters. The smallest absolute Gasteiger partial charge is 0.229 e. The first-order valence-electron chi connectivity index (χ1n) is 10.2. The number of nitrogens with one attached hydrogen (secondary N) is 1. The highest BCUT2D eigenvalue weighted by atomic mass is 16.2. The number of piperidine rings is 1. The molecule has 28 heavy (non-hydrogen) atoms. The first-order chi connectivity index (χ1) is 13.7. The molecule has 0 radical (unpaired) electrons. The molecule has 2 aromatic carbocycles. The van der Waals surface area contributed by atoms with Crippen molar-refractivity contribution >= 4 is 23.2 Å². The topological polar surface area (TPSA) is 52.7 Å². The molecule has 1 saturated heterocycles. The molecule has 0 bridgehead atoms. The molecule has 0 aliphatic carbocycles. The lowest BCUT2D eigenvalue weighted by atomic mass is 10.0. The fourth-order valence-corrected chi connectivity index (χ4v) is 4.20. The lowest BCUT2D eigenvalue weighted by Crippen LogP contribution is -2.43. The maximum Gasteiger partial charge on any atom is 0.229 e. The van der Waals surface area contributed by atoms with E-state index in [4.69, 9.17) is 0 Å². The molecule has 2 amide bonds. The molecule has 5 nitrogen and oxygen atoms in total. The molecule has 0 aromatic heterocycles. The molecule has 146 valence electrons. The number of fused-ring (bicyclic) bond motifs is 1. The summed E-state index contributed by atoms with van der Waals surface area (Å²) in [6.45, 7) is 2.45. The Morgan fingerprint density at radius 2 is 1.71 bits per heavy atom. The van der Waals surface area contributed by atoms with E-state index in [1.54, 1.807) is 0 Å². The van der Waals surface area contributed by atoms with Crippen LogP contribution >= 0.6 is 0 Å². The molecule has 0 saturated carbocycles. The van der Waals surface area contributed by atoms with Gasteiger partial charge in [0, 0.05) is 38.5 Å². The fourth-order valence-electron chi connectivity index (χ4n) is 4.20. The van der Waals surface area contributed by atoms with Crippen molar-refractivity contribution in [3.8, 4) is 0 Å². The number of hydrogen-bond acceptors (Lipinski definition) is 3. The Morgan fingerprint density at radius 3 is 2.50 bits per heavy atom. The van der Waals surface area contributed by atoms with Gasteiger partial charge in [0.05, 0.1) is 11.4 Å². The molecule has 1 N–H and O–H groups in total. The fraction of sp³-hybridized carbons (Fsp3) is 0.391. The van der Waals surface area contributed by atoms with Gasteiger partial charge in [-0.05, 0) is 37.0 Å². The normalized spacial score (nSPS) is 19.6. The molecule has 2 aliphatic heterocycles. The summed E-state index contributed by atoms with van der Waals surface area (Å²) in [6, 6.07) is 18.6. The summed E-state index contributed by atoms with van der Waals surface area (Å²) in [7, 11) is 0. The predicted octanol–water partition coefficient (Wildman–Crippen LogP) is 3.49. The van der Waals surface area contributed by atoms with Crippen LogP contribution in [0.5, 0.6) is 0 Å². The summed E-state index contributed by atoms with van der Waals surface area (Å²) in [5, 5.41) is 2.97. The minimum absolute atomic E-state index is 0.0374. The van der Waals surface area contributed by atoms with Crippen LogP contribution in [0.15, 0.2) is 54.6 Å². The third-order valence-corrected chi connectivity index (χ3v) is 5.58. The minimum Gasteiger partial charge on any atom is -0.365 e. The standard InChI is InChI=1S/C23H27N3O2/c27-22-13-6-10-19(24-22)16-23(28)26-15-7-14-25(17-18-8-2-1-3-9-18)20-11-4-5-12-21(20)26/h1-5,8-9,11-12,19H,6-7,10,13-17H2,(H,24,27). The van der Waals surface area contributed by atoms with E-state index in [2.05, 4.69) is 40.5 Å². The van der Waals surface area contributed by atoms with Crippen LogP contribution in [0, 0.1) is 0 Å². The third kappa shape index (κ3) is 4.19. The molecule has 2 heterocycles. The average Bonchev–Trinajstić information content (AvgIpc) is 2.89. The molecule has 1 fully saturated rings. The number of carbonyl (C=O) groups is 2. The van der Waals surface area contributed by atoms with Gasteiger partial charge in [0.2, 0.25) is 11.8 Å². The van der Waals surface area contributed by atoms with Crippen molar-refractivity contribution < 1.29 is 9.59 Å². The number of rotatable bonds is 4. The molecular formula is C23H27N3O2. The Kier molecular flexibility index (Phi) is 5.60. The lowest BCUT2D eigenvalue weighted by molar-refractivity contribution is -0.124. The van der Waals surface area contributed by atoms with Gasteiger partial charge in [-0.1, -0.05) is 42.5 Å². The number of hydrogen-bond donors (Lipinski definition) is 1. The number of para-hydroxylation sites is 2. The Balaban J connectivity index is 1.54. The maximum atomic E-state index is 13.1. The van der Waals surface area contributed by atoms with Gasteiger partial charge in [-0.3, -0.25) is 9.59 Å². The monoisotopic (exact) mass is 377 g/mol. The van der Waals surface area contributed by atoms with Gasteiger partial charge in [0.25, 0.3) is 0 Å². The predicted molar refractivity (Wildman–Crippen MR) is 111 cm³/mol. The van der Waals surface area contributed by atoms with E-state index in [9.17, 15) is 9.59 Å². The van der Waals surface area contributed by atoms with Crippen LogP contribution in [0.25, 0.3) is 0 Å². The van der Waals surface area contributed by atoms with Crippen LogP contribution in [0.3, 0.4) is 0 Å². The number of amides is 2. The van der Waals surface area contributed by atoms with E-state index in [-0.39, 0.29) is 17.9 Å². The van der Waals surface area contributed by atoms with E-state index in [0.29, 0.717) is 19.4 Å². The van der Waals surface area contributed by atoms with Gasteiger partial charge in [0.1, 0.15) is 0 Å². The summed E-state index contributed by atoms with van der Waals surface area (Å²) >= 11 is 0. The summed E-state index contributed by atoms with van der Waals surface area (Å²) in [4.78, 5) is 29.0. The van der Waals surface area contributed by atoms with E-state index in [1.807, 2.05) is 29.2 Å². The van der Waals surface area contributed by atoms with Crippen LogP contribution in [0.2, 0.25) is 0 Å². The number of benzene rings is 2. The second-order valence-electron chi connectivity index (χ2n) is 7.66. The zero-order valence-electron chi connectivity index (χ0n) is 16.1. The summed E-state index contributed by atoms with van der Waals surface area (Å²) in [6.07, 6.45) is 3.62. The maximum absolute atomic E-state index is 13.1. The van der Waals surface area contributed by atoms with Crippen LogP contribution in [-0.4, -0.2) is 30.9 Å². The first-order valence-corrected chi connectivity index (χ1v) is 10.2. The molecule has 1 atom stereocenters. The number of nitrogens with zero attached hydrogens (tertiary/aromatic N) is 2. The Morgan fingerprint density at radius 1 is 0.964 bits per heavy atom. The highest BCUT2D eigenvalue weighted by Gasteiger charge is 2.28. The number of carbonyl (C=O) groups excluding carboxylic acids is 2. The average molecular weight is 377 g/mol. The van der Waals surface area contributed by atoms with Crippen LogP contribution in [0.1, 0.15) is 37.7 Å². The van der Waals surface area contributed by atoms with Gasteiger partial charge < -0.3 is 15.1 Å². The summed E-state index contributed by atoms with van der Waals surface area (Å²) in [5.41, 5.74) is 3.34. The van der Waals surface area contributed by atoms with Crippen molar-refractivity contribution in [3.63, 3.8) is 0 Å². The van der Waals surface area contributed by atoms with Gasteiger partial charge in [-0.15, -0.1) is 0 Å². The van der Waals surface area contributed by atoms with Crippen molar-refractivity contribution in [2.75, 3.05) is 22.9 Å². The molecular weight excluding hydrogens is 350 g/mol. The van der Waals surface area contributed by atoms with Crippen LogP contribution < -0.4 is 15.1 Å². The van der Waals surface area contributed by atoms with Crippen LogP contribution in [0.4, 0.5) is 11.4 Å². The molecule has 4 rings (SSSR count). The molecule has 2 aliphatic rings. The van der Waals surface area contributed by atoms with Crippen molar-refractivity contribution in [3.05, 3.63) is 60.2 Å². The van der Waals surface area contributed by atoms with Crippen molar-refractivity contribution in [1.29, 1.82) is 0 Å². The largest absolute Gasteiger partial charge is 0.365 e. The summed E-state index contributed by atoms with van der Waals surface area (Å²) < 4.78 is 0. The highest BCUT2D eigenvalue weighted by Crippen LogP contribution is 2.33. The first kappa shape index (κ1) is 18.5. The van der Waals surface area contributed by atoms with E-state index < -0.39 is 0 Å². The van der Waals surface area contributed by atoms with E-state index in [1.165, 1.54) is 5.56 Å². The quantitative estimate of drug-likeness (QED) is 0.887. The van der Waals surface area contributed by atoms with Crippen molar-refractivity contribution in [2.45, 2.75) is 44.7 Å². The second-order valence-corrected chi connectivity index (χ2v) is 7.66. The zero-order valence-corrected chi connectivity index (χ0v) is 16.1. The highest BCUT2D eigenvalue weighted by molar-refractivity contribution is 5.97. The van der Waals surface area contributed by atoms with E-state index >= 15 is 0 Å². The second kappa shape index (κ2) is 8.46. The van der Waals surface area contributed by atoms with Crippen LogP contribution in [-0.2, 0) is 16.1 Å². The molecule has 0 spiro atoms. The third-order valence-electron chi connectivity index (χ3n) is 5.58. The van der Waals surface area contributed by atoms with Crippen molar-refractivity contribution in [2.24, 2.45) is 0 Å². The van der Waals surface area contributed by atoms with Gasteiger partial charge >= 0.3 is 0 Å².